The fraction of sp³-hybridized carbons (Fsp3) is 0.556. The van der Waals surface area contributed by atoms with Crippen molar-refractivity contribution >= 4 is 0 Å². The summed E-state index contributed by atoms with van der Waals surface area (Å²) in [6, 6.07) is 5.39. The molecule has 1 aromatic heterocycles. The molecule has 3 rings (SSSR count). The molecule has 1 aromatic carbocycles. The molecule has 4 heteroatoms. The molecular weight excluding hydrogens is 277 g/mol. The van der Waals surface area contributed by atoms with Crippen LogP contribution in [0.1, 0.15) is 69.3 Å². The highest BCUT2D eigenvalue weighted by atomic mass is 19.1. The zero-order chi connectivity index (χ0) is 15.7. The van der Waals surface area contributed by atoms with Crippen LogP contribution in [-0.2, 0) is 0 Å². The molecule has 0 atom stereocenters. The summed E-state index contributed by atoms with van der Waals surface area (Å²) in [4.78, 5) is 4.81. The van der Waals surface area contributed by atoms with Crippen molar-refractivity contribution < 1.29 is 4.39 Å². The van der Waals surface area contributed by atoms with Crippen LogP contribution in [0.3, 0.4) is 0 Å². The molecular formula is C18H24FN3. The molecule has 0 aliphatic heterocycles. The Morgan fingerprint density at radius 2 is 1.91 bits per heavy atom. The number of nitrogens with zero attached hydrogens (tertiary/aromatic N) is 3. The highest BCUT2D eigenvalue weighted by Gasteiger charge is 2.23. The average molecular weight is 301 g/mol. The zero-order valence-corrected chi connectivity index (χ0v) is 13.6. The summed E-state index contributed by atoms with van der Waals surface area (Å²) in [6.45, 7) is 6.00. The molecule has 0 spiro atoms. The molecule has 0 saturated heterocycles. The van der Waals surface area contributed by atoms with Crippen LogP contribution in [0, 0.1) is 12.7 Å². The summed E-state index contributed by atoms with van der Waals surface area (Å²) >= 11 is 0. The average Bonchev–Trinajstić information content (AvgIpc) is 2.96. The van der Waals surface area contributed by atoms with Gasteiger partial charge in [-0.3, -0.25) is 0 Å². The maximum atomic E-state index is 13.9. The van der Waals surface area contributed by atoms with Gasteiger partial charge in [-0.05, 0) is 45.2 Å². The monoisotopic (exact) mass is 301 g/mol. The van der Waals surface area contributed by atoms with Crippen LogP contribution in [0.15, 0.2) is 18.2 Å². The van der Waals surface area contributed by atoms with Gasteiger partial charge in [-0.1, -0.05) is 31.4 Å². The van der Waals surface area contributed by atoms with E-state index in [-0.39, 0.29) is 11.9 Å². The minimum atomic E-state index is -0.185. The van der Waals surface area contributed by atoms with Crippen LogP contribution in [-0.4, -0.2) is 14.8 Å². The lowest BCUT2D eigenvalue weighted by Gasteiger charge is -2.18. The molecule has 0 bridgehead atoms. The molecule has 0 radical (unpaired) electrons. The predicted octanol–water partition coefficient (Wildman–Crippen LogP) is 5.02. The van der Waals surface area contributed by atoms with Crippen molar-refractivity contribution in [2.75, 3.05) is 0 Å². The number of rotatable bonds is 3. The molecule has 1 heterocycles. The topological polar surface area (TPSA) is 30.7 Å². The Balaban J connectivity index is 2.06. The standard InChI is InChI=1S/C18H24FN3/c1-12(2)22-18(15-10-7-11-16(19)13(15)3)20-17(21-22)14-8-5-4-6-9-14/h7,10-12,14H,4-6,8-9H2,1-3H3. The fourth-order valence-corrected chi connectivity index (χ4v) is 3.27. The van der Waals surface area contributed by atoms with E-state index < -0.39 is 0 Å². The van der Waals surface area contributed by atoms with Gasteiger partial charge in [0.25, 0.3) is 0 Å². The van der Waals surface area contributed by atoms with Gasteiger partial charge in [0.15, 0.2) is 11.6 Å². The summed E-state index contributed by atoms with van der Waals surface area (Å²) in [7, 11) is 0. The van der Waals surface area contributed by atoms with Crippen LogP contribution < -0.4 is 0 Å². The first-order chi connectivity index (χ1) is 10.6. The number of halogens is 1. The Morgan fingerprint density at radius 3 is 2.59 bits per heavy atom. The first-order valence-corrected chi connectivity index (χ1v) is 8.30. The largest absolute Gasteiger partial charge is 0.243 e. The minimum absolute atomic E-state index is 0.185. The van der Waals surface area contributed by atoms with Gasteiger partial charge in [0, 0.05) is 17.5 Å². The van der Waals surface area contributed by atoms with E-state index in [9.17, 15) is 4.39 Å². The van der Waals surface area contributed by atoms with Gasteiger partial charge < -0.3 is 0 Å². The van der Waals surface area contributed by atoms with Gasteiger partial charge in [-0.25, -0.2) is 14.1 Å². The second-order valence-electron chi connectivity index (χ2n) is 6.58. The number of hydrogen-bond donors (Lipinski definition) is 0. The van der Waals surface area contributed by atoms with Crippen LogP contribution in [0.5, 0.6) is 0 Å². The molecule has 1 aliphatic rings. The molecule has 1 saturated carbocycles. The molecule has 3 nitrogen and oxygen atoms in total. The van der Waals surface area contributed by atoms with Gasteiger partial charge in [-0.15, -0.1) is 0 Å². The van der Waals surface area contributed by atoms with E-state index in [0.717, 1.165) is 17.2 Å². The first kappa shape index (κ1) is 15.2. The van der Waals surface area contributed by atoms with E-state index in [2.05, 4.69) is 13.8 Å². The van der Waals surface area contributed by atoms with Gasteiger partial charge in [-0.2, -0.15) is 5.10 Å². The third kappa shape index (κ3) is 2.79. The molecule has 22 heavy (non-hydrogen) atoms. The van der Waals surface area contributed by atoms with Crippen molar-refractivity contribution in [1.29, 1.82) is 0 Å². The minimum Gasteiger partial charge on any atom is -0.243 e. The van der Waals surface area contributed by atoms with Gasteiger partial charge in [0.05, 0.1) is 0 Å². The van der Waals surface area contributed by atoms with E-state index in [1.807, 2.05) is 17.7 Å². The lowest BCUT2D eigenvalue weighted by atomic mass is 9.89. The Hall–Kier alpha value is -1.71. The zero-order valence-electron chi connectivity index (χ0n) is 13.6. The van der Waals surface area contributed by atoms with Crippen molar-refractivity contribution in [2.45, 2.75) is 64.8 Å². The molecule has 0 amide bonds. The van der Waals surface area contributed by atoms with Crippen LogP contribution in [0.2, 0.25) is 0 Å². The van der Waals surface area contributed by atoms with Crippen molar-refractivity contribution in [3.05, 3.63) is 35.4 Å². The molecule has 2 aromatic rings. The third-order valence-electron chi connectivity index (χ3n) is 4.62. The van der Waals surface area contributed by atoms with E-state index in [4.69, 9.17) is 10.1 Å². The quantitative estimate of drug-likeness (QED) is 0.796. The van der Waals surface area contributed by atoms with Crippen molar-refractivity contribution in [3.63, 3.8) is 0 Å². The predicted molar refractivity (Wildman–Crippen MR) is 86.4 cm³/mol. The van der Waals surface area contributed by atoms with Crippen LogP contribution in [0.4, 0.5) is 4.39 Å². The van der Waals surface area contributed by atoms with Crippen molar-refractivity contribution in [2.24, 2.45) is 0 Å². The Kier molecular flexibility index (Phi) is 4.27. The lowest BCUT2D eigenvalue weighted by molar-refractivity contribution is 0.422. The molecule has 1 aliphatic carbocycles. The van der Waals surface area contributed by atoms with Gasteiger partial charge in [0.1, 0.15) is 5.82 Å². The summed E-state index contributed by atoms with van der Waals surface area (Å²) in [5.41, 5.74) is 1.50. The van der Waals surface area contributed by atoms with E-state index >= 15 is 0 Å². The fourth-order valence-electron chi connectivity index (χ4n) is 3.27. The van der Waals surface area contributed by atoms with E-state index in [0.29, 0.717) is 11.5 Å². The first-order valence-electron chi connectivity index (χ1n) is 8.30. The third-order valence-corrected chi connectivity index (χ3v) is 4.62. The Morgan fingerprint density at radius 1 is 1.18 bits per heavy atom. The molecule has 1 fully saturated rings. The maximum absolute atomic E-state index is 13.9. The van der Waals surface area contributed by atoms with E-state index in [1.165, 1.54) is 38.2 Å². The number of hydrogen-bond acceptors (Lipinski definition) is 2. The SMILES string of the molecule is Cc1c(F)cccc1-c1nc(C2CCCCC2)nn1C(C)C. The summed E-state index contributed by atoms with van der Waals surface area (Å²) in [6.07, 6.45) is 6.18. The summed E-state index contributed by atoms with van der Waals surface area (Å²) < 4.78 is 15.9. The Labute approximate surface area is 131 Å². The highest BCUT2D eigenvalue weighted by molar-refractivity contribution is 5.60. The molecule has 118 valence electrons. The smallest absolute Gasteiger partial charge is 0.159 e. The number of aromatic nitrogens is 3. The summed E-state index contributed by atoms with van der Waals surface area (Å²) in [5, 5.41) is 4.76. The van der Waals surface area contributed by atoms with E-state index in [1.54, 1.807) is 6.07 Å². The van der Waals surface area contributed by atoms with Crippen LogP contribution in [0.25, 0.3) is 11.4 Å². The highest BCUT2D eigenvalue weighted by Crippen LogP contribution is 2.33. The lowest BCUT2D eigenvalue weighted by Crippen LogP contribution is -2.09. The van der Waals surface area contributed by atoms with Gasteiger partial charge >= 0.3 is 0 Å². The Bertz CT molecular complexity index is 654. The number of benzene rings is 1. The van der Waals surface area contributed by atoms with Crippen molar-refractivity contribution in [1.82, 2.24) is 14.8 Å². The van der Waals surface area contributed by atoms with Crippen LogP contribution >= 0.6 is 0 Å². The maximum Gasteiger partial charge on any atom is 0.159 e. The normalized spacial score (nSPS) is 16.4. The van der Waals surface area contributed by atoms with Gasteiger partial charge in [0.2, 0.25) is 0 Å². The summed E-state index contributed by atoms with van der Waals surface area (Å²) in [5.74, 6) is 2.01. The second kappa shape index (κ2) is 6.19. The molecule has 0 unspecified atom stereocenters. The molecule has 0 N–H and O–H groups in total. The second-order valence-corrected chi connectivity index (χ2v) is 6.58. The van der Waals surface area contributed by atoms with Crippen molar-refractivity contribution in [3.8, 4) is 11.4 Å².